The van der Waals surface area contributed by atoms with Crippen molar-refractivity contribution in [3.8, 4) is 11.1 Å². The molecule has 0 bridgehead atoms. The van der Waals surface area contributed by atoms with Crippen LogP contribution in [-0.2, 0) is 16.0 Å². The van der Waals surface area contributed by atoms with E-state index in [1.807, 2.05) is 50.0 Å². The lowest BCUT2D eigenvalue weighted by Gasteiger charge is -2.35. The van der Waals surface area contributed by atoms with E-state index in [4.69, 9.17) is 9.47 Å². The Morgan fingerprint density at radius 3 is 2.29 bits per heavy atom. The van der Waals surface area contributed by atoms with Crippen molar-refractivity contribution in [2.45, 2.75) is 39.3 Å². The quantitative estimate of drug-likeness (QED) is 0.657. The third-order valence-electron chi connectivity index (χ3n) is 5.16. The highest BCUT2D eigenvalue weighted by Gasteiger charge is 2.25. The standard InChI is InChI=1S/C23H32N4O4/c1-23(2,3)31-22(29)26-14-12-25(13-15-26)10-5-11-27-17-20(16-24-27)18-6-8-19(9-7-18)21(28)30-4/h6-9,16-17H,5,10-15H2,1-4H3. The zero-order valence-corrected chi connectivity index (χ0v) is 18.8. The van der Waals surface area contributed by atoms with E-state index >= 15 is 0 Å². The molecule has 1 aromatic heterocycles. The predicted octanol–water partition coefficient (Wildman–Crippen LogP) is 3.28. The summed E-state index contributed by atoms with van der Waals surface area (Å²) >= 11 is 0. The smallest absolute Gasteiger partial charge is 0.410 e. The van der Waals surface area contributed by atoms with Gasteiger partial charge in [0.1, 0.15) is 5.60 Å². The zero-order valence-electron chi connectivity index (χ0n) is 18.8. The van der Waals surface area contributed by atoms with Gasteiger partial charge in [-0.3, -0.25) is 9.58 Å². The number of hydrogen-bond donors (Lipinski definition) is 0. The largest absolute Gasteiger partial charge is 0.465 e. The van der Waals surface area contributed by atoms with Crippen LogP contribution in [-0.4, -0.2) is 77.1 Å². The van der Waals surface area contributed by atoms with Crippen molar-refractivity contribution >= 4 is 12.1 Å². The number of amides is 1. The van der Waals surface area contributed by atoms with Gasteiger partial charge in [-0.1, -0.05) is 12.1 Å². The summed E-state index contributed by atoms with van der Waals surface area (Å²) in [5.41, 5.74) is 2.10. The highest BCUT2D eigenvalue weighted by atomic mass is 16.6. The van der Waals surface area contributed by atoms with Crippen LogP contribution in [0.5, 0.6) is 0 Å². The molecule has 0 unspecified atom stereocenters. The fourth-order valence-corrected chi connectivity index (χ4v) is 3.49. The topological polar surface area (TPSA) is 76.9 Å². The number of esters is 1. The van der Waals surface area contributed by atoms with Gasteiger partial charge in [-0.05, 0) is 44.9 Å². The van der Waals surface area contributed by atoms with Crippen molar-refractivity contribution in [1.82, 2.24) is 19.6 Å². The molecular weight excluding hydrogens is 396 g/mol. The Morgan fingerprint density at radius 2 is 1.68 bits per heavy atom. The van der Waals surface area contributed by atoms with Crippen molar-refractivity contribution in [1.29, 1.82) is 0 Å². The number of ether oxygens (including phenoxy) is 2. The molecule has 8 heteroatoms. The lowest BCUT2D eigenvalue weighted by atomic mass is 10.1. The van der Waals surface area contributed by atoms with Crippen molar-refractivity contribution in [2.75, 3.05) is 39.8 Å². The Bertz CT molecular complexity index is 878. The minimum Gasteiger partial charge on any atom is -0.465 e. The van der Waals surface area contributed by atoms with E-state index in [1.165, 1.54) is 7.11 Å². The first kappa shape index (κ1) is 22.8. The summed E-state index contributed by atoms with van der Waals surface area (Å²) in [5, 5.41) is 4.46. The SMILES string of the molecule is COC(=O)c1ccc(-c2cnn(CCCN3CCN(C(=O)OC(C)(C)C)CC3)c2)cc1. The zero-order chi connectivity index (χ0) is 22.4. The lowest BCUT2D eigenvalue weighted by Crippen LogP contribution is -2.50. The summed E-state index contributed by atoms with van der Waals surface area (Å²) in [6.45, 7) is 10.6. The molecule has 1 aliphatic rings. The molecule has 1 amide bonds. The van der Waals surface area contributed by atoms with Gasteiger partial charge in [-0.25, -0.2) is 9.59 Å². The van der Waals surface area contributed by atoms with Crippen LogP contribution >= 0.6 is 0 Å². The van der Waals surface area contributed by atoms with Gasteiger partial charge in [-0.15, -0.1) is 0 Å². The summed E-state index contributed by atoms with van der Waals surface area (Å²) < 4.78 is 12.1. The van der Waals surface area contributed by atoms with E-state index in [1.54, 1.807) is 17.0 Å². The second kappa shape index (κ2) is 9.96. The van der Waals surface area contributed by atoms with Gasteiger partial charge >= 0.3 is 12.1 Å². The van der Waals surface area contributed by atoms with Gasteiger partial charge in [0, 0.05) is 51.0 Å². The van der Waals surface area contributed by atoms with Gasteiger partial charge < -0.3 is 14.4 Å². The fourth-order valence-electron chi connectivity index (χ4n) is 3.49. The third kappa shape index (κ3) is 6.55. The van der Waals surface area contributed by atoms with Crippen molar-refractivity contribution < 1.29 is 19.1 Å². The molecule has 0 spiro atoms. The molecule has 2 aromatic rings. The lowest BCUT2D eigenvalue weighted by molar-refractivity contribution is 0.0143. The summed E-state index contributed by atoms with van der Waals surface area (Å²) in [6.07, 6.45) is 4.62. The summed E-state index contributed by atoms with van der Waals surface area (Å²) in [5.74, 6) is -0.339. The molecule has 31 heavy (non-hydrogen) atoms. The van der Waals surface area contributed by atoms with E-state index in [-0.39, 0.29) is 12.1 Å². The number of carbonyl (C=O) groups is 2. The number of nitrogens with zero attached hydrogens (tertiary/aromatic N) is 4. The fraction of sp³-hybridized carbons (Fsp3) is 0.522. The van der Waals surface area contributed by atoms with Crippen LogP contribution in [0.1, 0.15) is 37.6 Å². The number of hydrogen-bond acceptors (Lipinski definition) is 6. The number of methoxy groups -OCH3 is 1. The van der Waals surface area contributed by atoms with E-state index in [9.17, 15) is 9.59 Å². The number of benzene rings is 1. The Balaban J connectivity index is 1.42. The van der Waals surface area contributed by atoms with Gasteiger partial charge in [-0.2, -0.15) is 5.10 Å². The van der Waals surface area contributed by atoms with Crippen LogP contribution in [0.25, 0.3) is 11.1 Å². The average Bonchev–Trinajstić information content (AvgIpc) is 3.21. The van der Waals surface area contributed by atoms with Crippen LogP contribution in [0, 0.1) is 0 Å². The molecule has 0 N–H and O–H groups in total. The minimum absolute atomic E-state index is 0.226. The molecule has 3 rings (SSSR count). The molecule has 1 aromatic carbocycles. The van der Waals surface area contributed by atoms with Crippen LogP contribution < -0.4 is 0 Å². The van der Waals surface area contributed by atoms with Crippen molar-refractivity contribution in [2.24, 2.45) is 0 Å². The maximum atomic E-state index is 12.2. The number of rotatable bonds is 6. The average molecular weight is 429 g/mol. The second-order valence-corrected chi connectivity index (χ2v) is 8.72. The monoisotopic (exact) mass is 428 g/mol. The van der Waals surface area contributed by atoms with Crippen LogP contribution in [0.2, 0.25) is 0 Å². The Labute approximate surface area is 183 Å². The molecular formula is C23H32N4O4. The van der Waals surface area contributed by atoms with Gasteiger partial charge in [0.2, 0.25) is 0 Å². The molecule has 0 radical (unpaired) electrons. The number of aromatic nitrogens is 2. The van der Waals surface area contributed by atoms with Crippen molar-refractivity contribution in [3.05, 3.63) is 42.2 Å². The summed E-state index contributed by atoms with van der Waals surface area (Å²) in [7, 11) is 1.38. The molecule has 1 fully saturated rings. The number of piperazine rings is 1. The van der Waals surface area contributed by atoms with E-state index in [2.05, 4.69) is 10.00 Å². The number of carbonyl (C=O) groups excluding carboxylic acids is 2. The first-order chi connectivity index (χ1) is 14.7. The van der Waals surface area contributed by atoms with Crippen molar-refractivity contribution in [3.63, 3.8) is 0 Å². The van der Waals surface area contributed by atoms with Gasteiger partial charge in [0.15, 0.2) is 0 Å². The molecule has 8 nitrogen and oxygen atoms in total. The second-order valence-electron chi connectivity index (χ2n) is 8.72. The Kier molecular flexibility index (Phi) is 7.33. The van der Waals surface area contributed by atoms with E-state index in [0.717, 1.165) is 43.7 Å². The predicted molar refractivity (Wildman–Crippen MR) is 118 cm³/mol. The van der Waals surface area contributed by atoms with Crippen LogP contribution in [0.4, 0.5) is 4.79 Å². The molecule has 168 valence electrons. The maximum absolute atomic E-state index is 12.2. The Morgan fingerprint density at radius 1 is 1.00 bits per heavy atom. The molecule has 0 saturated carbocycles. The molecule has 1 saturated heterocycles. The first-order valence-corrected chi connectivity index (χ1v) is 10.7. The normalized spacial score (nSPS) is 15.0. The van der Waals surface area contributed by atoms with Gasteiger partial charge in [0.05, 0.1) is 18.9 Å². The first-order valence-electron chi connectivity index (χ1n) is 10.7. The molecule has 0 atom stereocenters. The van der Waals surface area contributed by atoms with Crippen LogP contribution in [0.15, 0.2) is 36.7 Å². The highest BCUT2D eigenvalue weighted by molar-refractivity contribution is 5.89. The summed E-state index contributed by atoms with van der Waals surface area (Å²) in [6, 6.07) is 7.32. The maximum Gasteiger partial charge on any atom is 0.410 e. The molecule has 1 aliphatic heterocycles. The van der Waals surface area contributed by atoms with E-state index in [0.29, 0.717) is 18.7 Å². The Hall–Kier alpha value is -2.87. The third-order valence-corrected chi connectivity index (χ3v) is 5.16. The number of aryl methyl sites for hydroxylation is 1. The highest BCUT2D eigenvalue weighted by Crippen LogP contribution is 2.19. The molecule has 2 heterocycles. The van der Waals surface area contributed by atoms with Crippen LogP contribution in [0.3, 0.4) is 0 Å². The van der Waals surface area contributed by atoms with E-state index < -0.39 is 5.60 Å². The summed E-state index contributed by atoms with van der Waals surface area (Å²) in [4.78, 5) is 27.9. The molecule has 0 aliphatic carbocycles. The minimum atomic E-state index is -0.458. The van der Waals surface area contributed by atoms with Gasteiger partial charge in [0.25, 0.3) is 0 Å².